The summed E-state index contributed by atoms with van der Waals surface area (Å²) in [7, 11) is 1.85. The Morgan fingerprint density at radius 1 is 1.23 bits per heavy atom. The second kappa shape index (κ2) is 9.97. The molecule has 1 aromatic rings. The lowest BCUT2D eigenvalue weighted by Gasteiger charge is -2.25. The van der Waals surface area contributed by atoms with Crippen LogP contribution in [-0.2, 0) is 9.59 Å². The first-order valence-electron chi connectivity index (χ1n) is 9.29. The minimum atomic E-state index is -0.801. The molecule has 2 rings (SSSR count). The van der Waals surface area contributed by atoms with E-state index in [0.717, 1.165) is 30.7 Å². The number of carboxylic acids is 1. The van der Waals surface area contributed by atoms with Crippen LogP contribution in [0.15, 0.2) is 29.2 Å². The molecule has 1 unspecified atom stereocenters. The van der Waals surface area contributed by atoms with E-state index < -0.39 is 5.97 Å². The Hall–Kier alpha value is -1.53. The second-order valence-corrected chi connectivity index (χ2v) is 8.34. The van der Waals surface area contributed by atoms with Gasteiger partial charge >= 0.3 is 5.97 Å². The van der Waals surface area contributed by atoms with Gasteiger partial charge in [0.15, 0.2) is 0 Å². The molecule has 1 aliphatic heterocycles. The van der Waals surface area contributed by atoms with Gasteiger partial charge in [-0.25, -0.2) is 0 Å². The molecular weight excluding hydrogens is 348 g/mol. The average Bonchev–Trinajstić information content (AvgIpc) is 2.85. The average molecular weight is 379 g/mol. The number of benzene rings is 1. The van der Waals surface area contributed by atoms with Crippen molar-refractivity contribution in [3.05, 3.63) is 29.8 Å². The molecule has 1 fully saturated rings. The Labute approximate surface area is 160 Å². The maximum atomic E-state index is 12.6. The molecule has 0 aliphatic carbocycles. The smallest absolute Gasteiger partial charge is 0.317 e. The Balaban J connectivity index is 1.81. The van der Waals surface area contributed by atoms with E-state index in [2.05, 4.69) is 38.1 Å². The Bertz CT molecular complexity index is 604. The standard InChI is InChI=1S/C20H30N2O3S/c1-15(2)16-6-8-18(9-7-16)26-14-19(23)22-11-4-5-17(10-12-22)21(3)13-20(24)25/h6-9,15,17H,4-5,10-14H2,1-3H3,(H,24,25). The number of aliphatic carboxylic acids is 1. The van der Waals surface area contributed by atoms with Crippen LogP contribution in [0.25, 0.3) is 0 Å². The van der Waals surface area contributed by atoms with Gasteiger partial charge in [0, 0.05) is 24.0 Å². The highest BCUT2D eigenvalue weighted by Gasteiger charge is 2.23. The summed E-state index contributed by atoms with van der Waals surface area (Å²) in [5, 5.41) is 8.94. The SMILES string of the molecule is CC(C)c1ccc(SCC(=O)N2CCCC(N(C)CC(=O)O)CC2)cc1. The summed E-state index contributed by atoms with van der Waals surface area (Å²) in [6.07, 6.45) is 2.70. The van der Waals surface area contributed by atoms with Gasteiger partial charge in [0.25, 0.3) is 0 Å². The lowest BCUT2D eigenvalue weighted by Crippen LogP contribution is -2.37. The van der Waals surface area contributed by atoms with E-state index in [0.29, 0.717) is 18.2 Å². The molecule has 0 radical (unpaired) electrons. The van der Waals surface area contributed by atoms with Crippen molar-refractivity contribution in [2.24, 2.45) is 0 Å². The second-order valence-electron chi connectivity index (χ2n) is 7.29. The lowest BCUT2D eigenvalue weighted by atomic mass is 10.0. The molecule has 1 amide bonds. The number of nitrogens with zero attached hydrogens (tertiary/aromatic N) is 2. The van der Waals surface area contributed by atoms with Crippen LogP contribution in [0.4, 0.5) is 0 Å². The number of likely N-dealkylation sites (tertiary alicyclic amines) is 1. The first kappa shape index (κ1) is 20.8. The lowest BCUT2D eigenvalue weighted by molar-refractivity contribution is -0.138. The fourth-order valence-electron chi connectivity index (χ4n) is 3.30. The molecule has 1 saturated heterocycles. The van der Waals surface area contributed by atoms with E-state index >= 15 is 0 Å². The zero-order valence-corrected chi connectivity index (χ0v) is 16.8. The third kappa shape index (κ3) is 6.32. The number of rotatable bonds is 7. The van der Waals surface area contributed by atoms with Gasteiger partial charge in [-0.2, -0.15) is 0 Å². The summed E-state index contributed by atoms with van der Waals surface area (Å²) in [4.78, 5) is 28.4. The number of carbonyl (C=O) groups excluding carboxylic acids is 1. The van der Waals surface area contributed by atoms with Crippen molar-refractivity contribution in [3.8, 4) is 0 Å². The van der Waals surface area contributed by atoms with Crippen LogP contribution >= 0.6 is 11.8 Å². The van der Waals surface area contributed by atoms with Gasteiger partial charge in [-0.05, 0) is 49.9 Å². The molecule has 1 N–H and O–H groups in total. The molecule has 1 aromatic carbocycles. The number of thioether (sulfide) groups is 1. The molecule has 1 heterocycles. The number of hydrogen-bond acceptors (Lipinski definition) is 4. The number of hydrogen-bond donors (Lipinski definition) is 1. The minimum absolute atomic E-state index is 0.0564. The molecule has 6 heteroatoms. The van der Waals surface area contributed by atoms with Gasteiger partial charge in [-0.3, -0.25) is 14.5 Å². The highest BCUT2D eigenvalue weighted by molar-refractivity contribution is 8.00. The predicted molar refractivity (Wildman–Crippen MR) is 106 cm³/mol. The zero-order chi connectivity index (χ0) is 19.1. The molecule has 0 saturated carbocycles. The van der Waals surface area contributed by atoms with E-state index in [-0.39, 0.29) is 18.5 Å². The van der Waals surface area contributed by atoms with E-state index in [1.807, 2.05) is 16.8 Å². The van der Waals surface area contributed by atoms with Gasteiger partial charge in [0.05, 0.1) is 12.3 Å². The van der Waals surface area contributed by atoms with Gasteiger partial charge in [0.2, 0.25) is 5.91 Å². The van der Waals surface area contributed by atoms with Gasteiger partial charge in [0.1, 0.15) is 0 Å². The number of likely N-dealkylation sites (N-methyl/N-ethyl adjacent to an activating group) is 1. The van der Waals surface area contributed by atoms with Crippen molar-refractivity contribution >= 4 is 23.6 Å². The van der Waals surface area contributed by atoms with E-state index in [9.17, 15) is 9.59 Å². The molecule has 0 bridgehead atoms. The highest BCUT2D eigenvalue weighted by atomic mass is 32.2. The van der Waals surface area contributed by atoms with Crippen LogP contribution in [0.3, 0.4) is 0 Å². The predicted octanol–water partition coefficient (Wildman–Crippen LogP) is 3.30. The van der Waals surface area contributed by atoms with Crippen LogP contribution < -0.4 is 0 Å². The summed E-state index contributed by atoms with van der Waals surface area (Å²) in [6, 6.07) is 8.68. The van der Waals surface area contributed by atoms with Gasteiger partial charge in [-0.15, -0.1) is 11.8 Å². The van der Waals surface area contributed by atoms with E-state index in [4.69, 9.17) is 5.11 Å². The Morgan fingerprint density at radius 3 is 2.54 bits per heavy atom. The van der Waals surface area contributed by atoms with Crippen molar-refractivity contribution < 1.29 is 14.7 Å². The fraction of sp³-hybridized carbons (Fsp3) is 0.600. The third-order valence-electron chi connectivity index (χ3n) is 4.97. The van der Waals surface area contributed by atoms with Crippen LogP contribution in [0.5, 0.6) is 0 Å². The summed E-state index contributed by atoms with van der Waals surface area (Å²) >= 11 is 1.59. The number of carbonyl (C=O) groups is 2. The van der Waals surface area contributed by atoms with Crippen LogP contribution in [-0.4, -0.2) is 65.3 Å². The third-order valence-corrected chi connectivity index (χ3v) is 5.96. The van der Waals surface area contributed by atoms with Crippen molar-refractivity contribution in [3.63, 3.8) is 0 Å². The Kier molecular flexibility index (Phi) is 7.97. The van der Waals surface area contributed by atoms with Crippen molar-refractivity contribution in [2.75, 3.05) is 32.4 Å². The molecule has 5 nitrogen and oxygen atoms in total. The normalized spacial score (nSPS) is 18.2. The van der Waals surface area contributed by atoms with E-state index in [1.54, 1.807) is 11.8 Å². The molecule has 26 heavy (non-hydrogen) atoms. The summed E-state index contributed by atoms with van der Waals surface area (Å²) in [5.74, 6) is 0.338. The maximum Gasteiger partial charge on any atom is 0.317 e. The number of amides is 1. The zero-order valence-electron chi connectivity index (χ0n) is 16.0. The Morgan fingerprint density at radius 2 is 1.92 bits per heavy atom. The van der Waals surface area contributed by atoms with Crippen molar-refractivity contribution in [2.45, 2.75) is 50.0 Å². The van der Waals surface area contributed by atoms with Crippen molar-refractivity contribution in [1.29, 1.82) is 0 Å². The topological polar surface area (TPSA) is 60.9 Å². The first-order valence-corrected chi connectivity index (χ1v) is 10.3. The summed E-state index contributed by atoms with van der Waals surface area (Å²) < 4.78 is 0. The van der Waals surface area contributed by atoms with Crippen molar-refractivity contribution in [1.82, 2.24) is 9.80 Å². The molecule has 144 valence electrons. The van der Waals surface area contributed by atoms with Gasteiger partial charge < -0.3 is 10.0 Å². The van der Waals surface area contributed by atoms with Gasteiger partial charge in [-0.1, -0.05) is 26.0 Å². The molecule has 0 spiro atoms. The van der Waals surface area contributed by atoms with Crippen LogP contribution in [0, 0.1) is 0 Å². The largest absolute Gasteiger partial charge is 0.480 e. The molecule has 1 aliphatic rings. The summed E-state index contributed by atoms with van der Waals surface area (Å²) in [5.41, 5.74) is 1.31. The number of carboxylic acid groups (broad SMARTS) is 1. The minimum Gasteiger partial charge on any atom is -0.480 e. The quantitative estimate of drug-likeness (QED) is 0.738. The monoisotopic (exact) mass is 378 g/mol. The summed E-state index contributed by atoms with van der Waals surface area (Å²) in [6.45, 7) is 5.88. The molecule has 0 aromatic heterocycles. The van der Waals surface area contributed by atoms with Crippen LogP contribution in [0.2, 0.25) is 0 Å². The van der Waals surface area contributed by atoms with E-state index in [1.165, 1.54) is 5.56 Å². The molecule has 1 atom stereocenters. The first-order chi connectivity index (χ1) is 12.4. The maximum absolute atomic E-state index is 12.6. The van der Waals surface area contributed by atoms with Crippen LogP contribution in [0.1, 0.15) is 44.6 Å². The highest BCUT2D eigenvalue weighted by Crippen LogP contribution is 2.23. The molecular formula is C20H30N2O3S. The fourth-order valence-corrected chi connectivity index (χ4v) is 4.10.